The van der Waals surface area contributed by atoms with E-state index in [0.29, 0.717) is 0 Å². The zero-order valence-corrected chi connectivity index (χ0v) is 16.1. The van der Waals surface area contributed by atoms with Crippen molar-refractivity contribution < 1.29 is 13.6 Å². The van der Waals surface area contributed by atoms with Crippen molar-refractivity contribution in [3.8, 4) is 0 Å². The van der Waals surface area contributed by atoms with Gasteiger partial charge in [0.05, 0.1) is 27.4 Å². The minimum Gasteiger partial charge on any atom is -0.421 e. The van der Waals surface area contributed by atoms with Crippen molar-refractivity contribution in [2.45, 2.75) is 16.6 Å². The number of aromatic nitrogens is 5. The molecule has 2 aromatic carbocycles. The van der Waals surface area contributed by atoms with Gasteiger partial charge in [-0.05, 0) is 17.7 Å². The maximum absolute atomic E-state index is 13.3. The molecule has 4 rings (SSSR count). The molecule has 0 radical (unpaired) electrons. The number of nitrogens with zero attached hydrogens (tertiary/aromatic N) is 4. The van der Waals surface area contributed by atoms with Crippen LogP contribution in [0, 0.1) is 0 Å². The number of aromatic amines is 1. The molecule has 10 nitrogen and oxygen atoms in total. The predicted octanol–water partition coefficient (Wildman–Crippen LogP) is 1.05. The first kappa shape index (κ1) is 18.9. The molecule has 29 heavy (non-hydrogen) atoms. The van der Waals surface area contributed by atoms with Crippen molar-refractivity contribution in [3.05, 3.63) is 80.2 Å². The number of nitrogens with one attached hydrogen (secondary N) is 1. The number of halogens is 1. The van der Waals surface area contributed by atoms with Gasteiger partial charge in [0.15, 0.2) is 0 Å². The Hall–Kier alpha value is -3.44. The topological polar surface area (TPSA) is 140 Å². The van der Waals surface area contributed by atoms with E-state index in [9.17, 15) is 23.2 Å². The van der Waals surface area contributed by atoms with Crippen molar-refractivity contribution in [1.82, 2.24) is 24.5 Å². The lowest BCUT2D eigenvalue weighted by atomic mass is 10.2. The summed E-state index contributed by atoms with van der Waals surface area (Å²) >= 11 is 6.00. The summed E-state index contributed by atoms with van der Waals surface area (Å²) in [6.45, 7) is 0.188. The van der Waals surface area contributed by atoms with E-state index >= 15 is 0 Å². The van der Waals surface area contributed by atoms with Crippen molar-refractivity contribution in [1.29, 1.82) is 0 Å². The van der Waals surface area contributed by atoms with Crippen molar-refractivity contribution in [3.63, 3.8) is 0 Å². The van der Waals surface area contributed by atoms with Gasteiger partial charge in [-0.25, -0.2) is 13.2 Å². The lowest BCUT2D eigenvalue weighted by molar-refractivity contribution is 0.162. The molecular formula is C17H12ClN5O5S. The van der Waals surface area contributed by atoms with Gasteiger partial charge in [0, 0.05) is 0 Å². The van der Waals surface area contributed by atoms with Crippen LogP contribution in [-0.4, -0.2) is 38.1 Å². The summed E-state index contributed by atoms with van der Waals surface area (Å²) in [6.07, 6.45) is 1.27. The average Bonchev–Trinajstić information content (AvgIpc) is 3.16. The molecule has 2 heterocycles. The van der Waals surface area contributed by atoms with Crippen LogP contribution in [0.3, 0.4) is 0 Å². The molecule has 148 valence electrons. The van der Waals surface area contributed by atoms with Crippen LogP contribution in [0.1, 0.15) is 5.56 Å². The molecule has 0 aliphatic carbocycles. The number of sulfone groups is 1. The first-order chi connectivity index (χ1) is 13.8. The second-order valence-corrected chi connectivity index (χ2v) is 8.29. The Bertz CT molecular complexity index is 1460. The maximum atomic E-state index is 13.3. The van der Waals surface area contributed by atoms with Crippen LogP contribution >= 0.6 is 11.6 Å². The van der Waals surface area contributed by atoms with Gasteiger partial charge in [-0.2, -0.15) is 0 Å². The monoisotopic (exact) mass is 433 g/mol. The zero-order chi connectivity index (χ0) is 20.8. The van der Waals surface area contributed by atoms with E-state index in [1.807, 2.05) is 30.3 Å². The summed E-state index contributed by atoms with van der Waals surface area (Å²) in [5, 5.41) is 16.1. The van der Waals surface area contributed by atoms with Gasteiger partial charge in [-0.15, -0.1) is 10.2 Å². The smallest absolute Gasteiger partial charge is 0.362 e. The lowest BCUT2D eigenvalue weighted by Gasteiger charge is -2.10. The standard InChI is InChI=1S/C17H12ClN5O5S/c18-11-6-7-12(14-13(11)15(24)23(26)16(25)20-14)29(27,28)17-21-19-9-22(17)8-10-4-2-1-3-5-10/h1-7,9,26H,8H2,(H,20,25). The van der Waals surface area contributed by atoms with Gasteiger partial charge < -0.3 is 10.2 Å². The Morgan fingerprint density at radius 1 is 1.10 bits per heavy atom. The van der Waals surface area contributed by atoms with Gasteiger partial charge in [0.25, 0.3) is 10.7 Å². The van der Waals surface area contributed by atoms with Crippen molar-refractivity contribution >= 4 is 32.3 Å². The molecule has 0 fully saturated rings. The highest BCUT2D eigenvalue weighted by atomic mass is 35.5. The zero-order valence-electron chi connectivity index (χ0n) is 14.5. The molecule has 0 unspecified atom stereocenters. The van der Waals surface area contributed by atoms with Crippen LogP contribution in [0.4, 0.5) is 0 Å². The Balaban J connectivity index is 1.94. The Morgan fingerprint density at radius 3 is 2.55 bits per heavy atom. The molecule has 4 aromatic rings. The minimum atomic E-state index is -4.31. The Kier molecular flexibility index (Phi) is 4.47. The molecule has 0 atom stereocenters. The van der Waals surface area contributed by atoms with E-state index < -0.39 is 26.0 Å². The summed E-state index contributed by atoms with van der Waals surface area (Å²) < 4.78 is 27.7. The van der Waals surface area contributed by atoms with E-state index in [2.05, 4.69) is 15.2 Å². The van der Waals surface area contributed by atoms with E-state index in [4.69, 9.17) is 11.6 Å². The molecule has 0 aliphatic heterocycles. The SMILES string of the molecule is O=c1[nH]c2c(S(=O)(=O)c3nncn3Cc3ccccc3)ccc(Cl)c2c(=O)n1O. The number of rotatable bonds is 4. The minimum absolute atomic E-state index is 0.131. The van der Waals surface area contributed by atoms with Gasteiger partial charge in [-0.3, -0.25) is 9.36 Å². The fourth-order valence-electron chi connectivity index (χ4n) is 2.91. The summed E-state index contributed by atoms with van der Waals surface area (Å²) in [5.74, 6) is 0. The molecular weight excluding hydrogens is 422 g/mol. The fourth-order valence-corrected chi connectivity index (χ4v) is 4.59. The second kappa shape index (κ2) is 6.87. The Labute approximate surface area is 167 Å². The predicted molar refractivity (Wildman–Crippen MR) is 102 cm³/mol. The summed E-state index contributed by atoms with van der Waals surface area (Å²) in [4.78, 5) is 25.8. The third kappa shape index (κ3) is 3.09. The highest BCUT2D eigenvalue weighted by Crippen LogP contribution is 2.28. The van der Waals surface area contributed by atoms with E-state index in [0.717, 1.165) is 11.6 Å². The van der Waals surface area contributed by atoms with E-state index in [1.54, 1.807) is 0 Å². The van der Waals surface area contributed by atoms with E-state index in [1.165, 1.54) is 17.0 Å². The number of H-pyrrole nitrogens is 1. The lowest BCUT2D eigenvalue weighted by Crippen LogP contribution is -2.33. The quantitative estimate of drug-likeness (QED) is 0.458. The molecule has 0 bridgehead atoms. The average molecular weight is 434 g/mol. The van der Waals surface area contributed by atoms with Gasteiger partial charge in [0.2, 0.25) is 9.84 Å². The largest absolute Gasteiger partial charge is 0.421 e. The van der Waals surface area contributed by atoms with Crippen LogP contribution in [0.2, 0.25) is 5.02 Å². The highest BCUT2D eigenvalue weighted by Gasteiger charge is 2.28. The maximum Gasteiger partial charge on any atom is 0.362 e. The number of fused-ring (bicyclic) bond motifs is 1. The third-order valence-electron chi connectivity index (χ3n) is 4.25. The second-order valence-electron chi connectivity index (χ2n) is 6.07. The van der Waals surface area contributed by atoms with Crippen LogP contribution < -0.4 is 11.2 Å². The normalized spacial score (nSPS) is 11.8. The highest BCUT2D eigenvalue weighted by molar-refractivity contribution is 7.91. The first-order valence-corrected chi connectivity index (χ1v) is 10.0. The van der Waals surface area contributed by atoms with Crippen LogP contribution in [0.25, 0.3) is 10.9 Å². The van der Waals surface area contributed by atoms with Crippen LogP contribution in [-0.2, 0) is 16.4 Å². The van der Waals surface area contributed by atoms with Crippen molar-refractivity contribution in [2.24, 2.45) is 0 Å². The molecule has 0 saturated carbocycles. The summed E-state index contributed by atoms with van der Waals surface area (Å²) in [6, 6.07) is 11.4. The van der Waals surface area contributed by atoms with Gasteiger partial charge >= 0.3 is 5.69 Å². The fraction of sp³-hybridized carbons (Fsp3) is 0.0588. The number of hydrogen-bond donors (Lipinski definition) is 2. The molecule has 12 heteroatoms. The summed E-state index contributed by atoms with van der Waals surface area (Å²) in [5.41, 5.74) is -1.85. The Morgan fingerprint density at radius 2 is 1.83 bits per heavy atom. The molecule has 2 aromatic heterocycles. The summed E-state index contributed by atoms with van der Waals surface area (Å²) in [7, 11) is -4.31. The van der Waals surface area contributed by atoms with Crippen LogP contribution in [0.5, 0.6) is 0 Å². The van der Waals surface area contributed by atoms with Gasteiger partial charge in [0.1, 0.15) is 6.33 Å². The third-order valence-corrected chi connectivity index (χ3v) is 6.28. The number of benzene rings is 2. The van der Waals surface area contributed by atoms with E-state index in [-0.39, 0.29) is 32.4 Å². The molecule has 0 spiro atoms. The molecule has 0 aliphatic rings. The molecule has 0 amide bonds. The molecule has 2 N–H and O–H groups in total. The van der Waals surface area contributed by atoms with Crippen LogP contribution in [0.15, 0.2) is 68.4 Å². The first-order valence-electron chi connectivity index (χ1n) is 8.14. The molecule has 0 saturated heterocycles. The van der Waals surface area contributed by atoms with Crippen molar-refractivity contribution in [2.75, 3.05) is 0 Å². The number of hydrogen-bond acceptors (Lipinski definition) is 7. The van der Waals surface area contributed by atoms with Gasteiger partial charge in [-0.1, -0.05) is 46.7 Å².